The largest absolute Gasteiger partial charge is 0.327 e. The summed E-state index contributed by atoms with van der Waals surface area (Å²) in [6, 6.07) is 3.02. The van der Waals surface area contributed by atoms with Crippen LogP contribution >= 0.6 is 0 Å². The van der Waals surface area contributed by atoms with Crippen LogP contribution < -0.4 is 5.73 Å². The molecule has 0 aliphatic heterocycles. The highest BCUT2D eigenvalue weighted by atomic mass is 19.1. The van der Waals surface area contributed by atoms with Crippen LogP contribution in [0.4, 0.5) is 4.39 Å². The zero-order valence-electron chi connectivity index (χ0n) is 6.92. The van der Waals surface area contributed by atoms with Gasteiger partial charge in [0.2, 0.25) is 5.95 Å². The van der Waals surface area contributed by atoms with Gasteiger partial charge in [-0.2, -0.15) is 4.39 Å². The van der Waals surface area contributed by atoms with Gasteiger partial charge in [-0.15, -0.1) is 0 Å². The molecule has 64 valence electrons. The molecule has 0 saturated carbocycles. The average Bonchev–Trinajstić information content (AvgIpc) is 2.03. The summed E-state index contributed by atoms with van der Waals surface area (Å²) < 4.78 is 12.5. The molecule has 0 aliphatic rings. The van der Waals surface area contributed by atoms with Gasteiger partial charge in [-0.25, -0.2) is 4.98 Å². The van der Waals surface area contributed by atoms with Crippen LogP contribution in [-0.4, -0.2) is 11.5 Å². The number of pyridine rings is 1. The van der Waals surface area contributed by atoms with Crippen LogP contribution in [0.3, 0.4) is 0 Å². The number of hydrogen-bond acceptors (Lipinski definition) is 2. The van der Waals surface area contributed by atoms with Gasteiger partial charge in [0.1, 0.15) is 0 Å². The number of halogens is 1. The van der Waals surface area contributed by atoms with Crippen LogP contribution in [0.2, 0.25) is 0 Å². The average molecular weight is 166 g/mol. The normalized spacial score (nSPS) is 10.9. The smallest absolute Gasteiger partial charge is 0.213 e. The van der Waals surface area contributed by atoms with Gasteiger partial charge in [-0.1, -0.05) is 12.2 Å². The molecule has 0 aliphatic carbocycles. The van der Waals surface area contributed by atoms with Crippen molar-refractivity contribution in [3.63, 3.8) is 0 Å². The predicted molar refractivity (Wildman–Crippen MR) is 47.0 cm³/mol. The van der Waals surface area contributed by atoms with Crippen LogP contribution in [-0.2, 0) is 0 Å². The van der Waals surface area contributed by atoms with Crippen molar-refractivity contribution in [3.05, 3.63) is 35.4 Å². The van der Waals surface area contributed by atoms with E-state index in [1.807, 2.05) is 12.2 Å². The lowest BCUT2D eigenvalue weighted by Gasteiger charge is -1.97. The standard InChI is InChI=1S/C9H11FN2/c1-7-8(3-2-6-11)4-5-9(10)12-7/h2-5H,6,11H2,1H3. The van der Waals surface area contributed by atoms with E-state index in [-0.39, 0.29) is 0 Å². The number of aromatic nitrogens is 1. The first-order valence-corrected chi connectivity index (χ1v) is 3.74. The second kappa shape index (κ2) is 3.97. The van der Waals surface area contributed by atoms with Crippen molar-refractivity contribution in [1.29, 1.82) is 0 Å². The van der Waals surface area contributed by atoms with Crippen molar-refractivity contribution in [2.24, 2.45) is 5.73 Å². The Kier molecular flexibility index (Phi) is 2.94. The molecule has 0 fully saturated rings. The molecule has 0 amide bonds. The van der Waals surface area contributed by atoms with E-state index in [1.165, 1.54) is 6.07 Å². The summed E-state index contributed by atoms with van der Waals surface area (Å²) in [4.78, 5) is 3.67. The predicted octanol–water partition coefficient (Wildman–Crippen LogP) is 1.50. The molecule has 0 saturated heterocycles. The highest BCUT2D eigenvalue weighted by Crippen LogP contribution is 2.07. The molecule has 2 nitrogen and oxygen atoms in total. The van der Waals surface area contributed by atoms with Crippen molar-refractivity contribution in [1.82, 2.24) is 4.98 Å². The maximum absolute atomic E-state index is 12.5. The van der Waals surface area contributed by atoms with Crippen LogP contribution in [0.5, 0.6) is 0 Å². The first-order chi connectivity index (χ1) is 5.74. The monoisotopic (exact) mass is 166 g/mol. The van der Waals surface area contributed by atoms with E-state index in [1.54, 1.807) is 13.0 Å². The van der Waals surface area contributed by atoms with Crippen molar-refractivity contribution in [2.75, 3.05) is 6.54 Å². The summed E-state index contributed by atoms with van der Waals surface area (Å²) in [7, 11) is 0. The quantitative estimate of drug-likeness (QED) is 0.676. The first kappa shape index (κ1) is 8.87. The molecule has 0 unspecified atom stereocenters. The third-order valence-corrected chi connectivity index (χ3v) is 1.53. The molecule has 1 aromatic heterocycles. The zero-order chi connectivity index (χ0) is 8.97. The summed E-state index contributed by atoms with van der Waals surface area (Å²) in [5.41, 5.74) is 6.86. The van der Waals surface area contributed by atoms with Gasteiger partial charge < -0.3 is 5.73 Å². The topological polar surface area (TPSA) is 38.9 Å². The minimum absolute atomic E-state index is 0.447. The fourth-order valence-corrected chi connectivity index (χ4v) is 0.912. The molecule has 0 spiro atoms. The van der Waals surface area contributed by atoms with E-state index in [4.69, 9.17) is 5.73 Å². The van der Waals surface area contributed by atoms with E-state index in [0.717, 1.165) is 5.56 Å². The van der Waals surface area contributed by atoms with E-state index in [0.29, 0.717) is 12.2 Å². The number of nitrogens with two attached hydrogens (primary N) is 1. The number of aryl methyl sites for hydroxylation is 1. The molecule has 0 bridgehead atoms. The summed E-state index contributed by atoms with van der Waals surface area (Å²) in [5, 5.41) is 0. The lowest BCUT2D eigenvalue weighted by Crippen LogP contribution is -1.93. The molecular formula is C9H11FN2. The SMILES string of the molecule is Cc1nc(F)ccc1C=CCN. The molecule has 0 aromatic carbocycles. The summed E-state index contributed by atoms with van der Waals surface area (Å²) in [6.07, 6.45) is 3.64. The number of hydrogen-bond donors (Lipinski definition) is 1. The lowest BCUT2D eigenvalue weighted by atomic mass is 10.2. The Hall–Kier alpha value is -1.22. The maximum atomic E-state index is 12.5. The minimum atomic E-state index is -0.447. The van der Waals surface area contributed by atoms with Crippen LogP contribution in [0, 0.1) is 12.9 Å². The fourth-order valence-electron chi connectivity index (χ4n) is 0.912. The Morgan fingerprint density at radius 2 is 2.33 bits per heavy atom. The van der Waals surface area contributed by atoms with Gasteiger partial charge in [0.05, 0.1) is 0 Å². The zero-order valence-corrected chi connectivity index (χ0v) is 6.92. The Balaban J connectivity index is 2.94. The highest BCUT2D eigenvalue weighted by Gasteiger charge is 1.96. The fraction of sp³-hybridized carbons (Fsp3) is 0.222. The third-order valence-electron chi connectivity index (χ3n) is 1.53. The van der Waals surface area contributed by atoms with Gasteiger partial charge in [0.25, 0.3) is 0 Å². The molecule has 0 atom stereocenters. The van der Waals surface area contributed by atoms with Gasteiger partial charge in [0, 0.05) is 12.2 Å². The summed E-state index contributed by atoms with van der Waals surface area (Å²) in [6.45, 7) is 2.25. The van der Waals surface area contributed by atoms with Gasteiger partial charge >= 0.3 is 0 Å². The van der Waals surface area contributed by atoms with Crippen molar-refractivity contribution in [3.8, 4) is 0 Å². The molecule has 0 radical (unpaired) electrons. The van der Waals surface area contributed by atoms with Crippen LogP contribution in [0.25, 0.3) is 6.08 Å². The Labute approximate surface area is 70.9 Å². The summed E-state index contributed by atoms with van der Waals surface area (Å²) in [5.74, 6) is -0.447. The number of rotatable bonds is 2. The molecule has 1 heterocycles. The Morgan fingerprint density at radius 1 is 1.58 bits per heavy atom. The molecule has 3 heteroatoms. The van der Waals surface area contributed by atoms with Gasteiger partial charge in [-0.3, -0.25) is 0 Å². The van der Waals surface area contributed by atoms with Crippen molar-refractivity contribution in [2.45, 2.75) is 6.92 Å². The second-order valence-corrected chi connectivity index (χ2v) is 2.45. The molecule has 1 rings (SSSR count). The first-order valence-electron chi connectivity index (χ1n) is 3.74. The molecule has 1 aromatic rings. The molecular weight excluding hydrogens is 155 g/mol. The van der Waals surface area contributed by atoms with E-state index in [9.17, 15) is 4.39 Å². The van der Waals surface area contributed by atoms with Crippen molar-refractivity contribution < 1.29 is 4.39 Å². The Bertz CT molecular complexity index is 295. The van der Waals surface area contributed by atoms with Gasteiger partial charge in [0.15, 0.2) is 0 Å². The highest BCUT2D eigenvalue weighted by molar-refractivity contribution is 5.51. The summed E-state index contributed by atoms with van der Waals surface area (Å²) >= 11 is 0. The van der Waals surface area contributed by atoms with Gasteiger partial charge in [-0.05, 0) is 24.6 Å². The van der Waals surface area contributed by atoms with Crippen molar-refractivity contribution >= 4 is 6.08 Å². The molecule has 2 N–H and O–H groups in total. The van der Waals surface area contributed by atoms with E-state index < -0.39 is 5.95 Å². The lowest BCUT2D eigenvalue weighted by molar-refractivity contribution is 0.580. The Morgan fingerprint density at radius 3 is 2.92 bits per heavy atom. The number of nitrogens with zero attached hydrogens (tertiary/aromatic N) is 1. The maximum Gasteiger partial charge on any atom is 0.213 e. The van der Waals surface area contributed by atoms with E-state index >= 15 is 0 Å². The van der Waals surface area contributed by atoms with E-state index in [2.05, 4.69) is 4.98 Å². The second-order valence-electron chi connectivity index (χ2n) is 2.45. The third kappa shape index (κ3) is 2.13. The van der Waals surface area contributed by atoms with Crippen LogP contribution in [0.15, 0.2) is 18.2 Å². The minimum Gasteiger partial charge on any atom is -0.327 e. The molecule has 12 heavy (non-hydrogen) atoms. The van der Waals surface area contributed by atoms with Crippen LogP contribution in [0.1, 0.15) is 11.3 Å².